The molecule has 0 aromatic heterocycles. The molecule has 2 aromatic rings. The fraction of sp³-hybridized carbons (Fsp3) is 0.483. The van der Waals surface area contributed by atoms with Gasteiger partial charge in [-0.1, -0.05) is 24.3 Å². The summed E-state index contributed by atoms with van der Waals surface area (Å²) in [4.78, 5) is 41.2. The summed E-state index contributed by atoms with van der Waals surface area (Å²) in [5, 5.41) is 2.35. The van der Waals surface area contributed by atoms with Crippen LogP contribution in [0.2, 0.25) is 0 Å². The maximum atomic E-state index is 13.0. The van der Waals surface area contributed by atoms with Crippen molar-refractivity contribution in [1.82, 2.24) is 19.4 Å². The summed E-state index contributed by atoms with van der Waals surface area (Å²) in [6.07, 6.45) is 2.60. The highest BCUT2D eigenvalue weighted by Gasteiger charge is 2.39. The first-order valence-electron chi connectivity index (χ1n) is 14.0. The summed E-state index contributed by atoms with van der Waals surface area (Å²) >= 11 is 0. The molecule has 212 valence electrons. The van der Waals surface area contributed by atoms with E-state index in [9.17, 15) is 22.8 Å². The standard InChI is InChI=1S/C29H34N4O6S/c34-27-8-7-26(28(35)30-27)33-19-23-17-22(3-6-25(23)29(33)36)21-9-11-31(12-10-21)18-20-1-4-24(5-2-20)40(37,38)32-13-15-39-16-14-32/h1-6,17,21,26H,7-16,18-19H2,(H,30,34,35). The molecule has 3 amide bonds. The Kier molecular flexibility index (Phi) is 7.47. The minimum atomic E-state index is -3.49. The smallest absolute Gasteiger partial charge is 0.255 e. The average molecular weight is 567 g/mol. The van der Waals surface area contributed by atoms with Crippen LogP contribution < -0.4 is 5.32 Å². The van der Waals surface area contributed by atoms with Crippen LogP contribution in [0.15, 0.2) is 47.4 Å². The van der Waals surface area contributed by atoms with E-state index in [-0.39, 0.29) is 18.2 Å². The lowest BCUT2D eigenvalue weighted by Crippen LogP contribution is -2.52. The van der Waals surface area contributed by atoms with Gasteiger partial charge in [0.05, 0.1) is 18.1 Å². The van der Waals surface area contributed by atoms with Crippen molar-refractivity contribution in [2.24, 2.45) is 0 Å². The minimum absolute atomic E-state index is 0.144. The Morgan fingerprint density at radius 3 is 2.33 bits per heavy atom. The monoisotopic (exact) mass is 566 g/mol. The molecule has 0 saturated carbocycles. The molecule has 2 aromatic carbocycles. The number of rotatable bonds is 6. The van der Waals surface area contributed by atoms with Crippen molar-refractivity contribution in [3.05, 3.63) is 64.7 Å². The third-order valence-corrected chi connectivity index (χ3v) is 10.5. The number of nitrogens with zero attached hydrogens (tertiary/aromatic N) is 3. The van der Waals surface area contributed by atoms with Gasteiger partial charge in [-0.2, -0.15) is 4.31 Å². The van der Waals surface area contributed by atoms with E-state index in [4.69, 9.17) is 4.74 Å². The summed E-state index contributed by atoms with van der Waals surface area (Å²) in [6, 6.07) is 12.7. The largest absolute Gasteiger partial charge is 0.379 e. The zero-order valence-corrected chi connectivity index (χ0v) is 23.2. The van der Waals surface area contributed by atoms with Crippen LogP contribution in [-0.4, -0.2) is 85.7 Å². The number of morpholine rings is 1. The number of nitrogens with one attached hydrogen (secondary N) is 1. The number of carbonyl (C=O) groups is 3. The quantitative estimate of drug-likeness (QED) is 0.531. The number of amides is 3. The van der Waals surface area contributed by atoms with Crippen molar-refractivity contribution in [3.63, 3.8) is 0 Å². The van der Waals surface area contributed by atoms with Crippen molar-refractivity contribution >= 4 is 27.7 Å². The third kappa shape index (κ3) is 5.30. The van der Waals surface area contributed by atoms with E-state index < -0.39 is 22.0 Å². The molecule has 1 N–H and O–H groups in total. The van der Waals surface area contributed by atoms with Crippen LogP contribution in [-0.2, 0) is 37.4 Å². The molecule has 0 spiro atoms. The molecule has 10 nitrogen and oxygen atoms in total. The molecule has 11 heteroatoms. The van der Waals surface area contributed by atoms with E-state index in [1.165, 1.54) is 9.87 Å². The molecule has 40 heavy (non-hydrogen) atoms. The molecule has 3 fully saturated rings. The maximum absolute atomic E-state index is 13.0. The first-order valence-corrected chi connectivity index (χ1v) is 15.4. The lowest BCUT2D eigenvalue weighted by molar-refractivity contribution is -0.136. The highest BCUT2D eigenvalue weighted by atomic mass is 32.2. The molecule has 4 aliphatic heterocycles. The summed E-state index contributed by atoms with van der Waals surface area (Å²) in [5.41, 5.74) is 3.89. The molecule has 0 bridgehead atoms. The molecule has 1 atom stereocenters. The second-order valence-corrected chi connectivity index (χ2v) is 13.0. The predicted molar refractivity (Wildman–Crippen MR) is 146 cm³/mol. The van der Waals surface area contributed by atoms with Gasteiger partial charge in [0.15, 0.2) is 0 Å². The lowest BCUT2D eigenvalue weighted by Gasteiger charge is -2.32. The van der Waals surface area contributed by atoms with Crippen molar-refractivity contribution < 1.29 is 27.5 Å². The second kappa shape index (κ2) is 11.0. The van der Waals surface area contributed by atoms with Crippen molar-refractivity contribution in [2.45, 2.75) is 55.6 Å². The van der Waals surface area contributed by atoms with Gasteiger partial charge in [-0.05, 0) is 73.2 Å². The average Bonchev–Trinajstić information content (AvgIpc) is 3.29. The van der Waals surface area contributed by atoms with Crippen LogP contribution >= 0.6 is 0 Å². The topological polar surface area (TPSA) is 116 Å². The summed E-state index contributed by atoms with van der Waals surface area (Å²) in [6.45, 7) is 4.65. The maximum Gasteiger partial charge on any atom is 0.255 e. The first-order chi connectivity index (χ1) is 19.3. The Balaban J connectivity index is 1.04. The highest BCUT2D eigenvalue weighted by Crippen LogP contribution is 2.34. The third-order valence-electron chi connectivity index (χ3n) is 8.54. The van der Waals surface area contributed by atoms with Gasteiger partial charge in [-0.15, -0.1) is 0 Å². The number of sulfonamides is 1. The second-order valence-electron chi connectivity index (χ2n) is 11.0. The first kappa shape index (κ1) is 27.1. The number of carbonyl (C=O) groups excluding carboxylic acids is 3. The summed E-state index contributed by atoms with van der Waals surface area (Å²) in [5.74, 6) is -0.428. The van der Waals surface area contributed by atoms with Crippen LogP contribution in [0.1, 0.15) is 58.6 Å². The SMILES string of the molecule is O=C1CCC(N2Cc3cc(C4CCN(Cc5ccc(S(=O)(=O)N6CCOCC6)cc5)CC4)ccc3C2=O)C(=O)N1. The predicted octanol–water partition coefficient (Wildman–Crippen LogP) is 1.85. The van der Waals surface area contributed by atoms with Gasteiger partial charge in [-0.3, -0.25) is 24.6 Å². The number of imide groups is 1. The van der Waals surface area contributed by atoms with Crippen LogP contribution in [0.3, 0.4) is 0 Å². The zero-order valence-electron chi connectivity index (χ0n) is 22.4. The van der Waals surface area contributed by atoms with Crippen LogP contribution in [0, 0.1) is 0 Å². The molecule has 0 aliphatic carbocycles. The van der Waals surface area contributed by atoms with Crippen LogP contribution in [0.25, 0.3) is 0 Å². The number of ether oxygens (including phenoxy) is 1. The number of fused-ring (bicyclic) bond motifs is 1. The van der Waals surface area contributed by atoms with E-state index in [0.29, 0.717) is 55.6 Å². The molecular formula is C29H34N4O6S. The zero-order chi connectivity index (χ0) is 27.9. The van der Waals surface area contributed by atoms with Gasteiger partial charge in [0.2, 0.25) is 21.8 Å². The Morgan fingerprint density at radius 2 is 1.62 bits per heavy atom. The van der Waals surface area contributed by atoms with Crippen LogP contribution in [0.4, 0.5) is 0 Å². The molecule has 3 saturated heterocycles. The number of benzene rings is 2. The minimum Gasteiger partial charge on any atom is -0.379 e. The van der Waals surface area contributed by atoms with Crippen molar-refractivity contribution in [2.75, 3.05) is 39.4 Å². The van der Waals surface area contributed by atoms with E-state index in [2.05, 4.69) is 16.3 Å². The van der Waals surface area contributed by atoms with E-state index in [1.54, 1.807) is 17.0 Å². The number of likely N-dealkylation sites (tertiary alicyclic amines) is 1. The Morgan fingerprint density at radius 1 is 0.900 bits per heavy atom. The van der Waals surface area contributed by atoms with Crippen LogP contribution in [0.5, 0.6) is 0 Å². The van der Waals surface area contributed by atoms with Gasteiger partial charge in [0.1, 0.15) is 6.04 Å². The molecule has 4 aliphatic rings. The molecule has 0 radical (unpaired) electrons. The van der Waals surface area contributed by atoms with Gasteiger partial charge in [0.25, 0.3) is 5.91 Å². The number of hydrogen-bond donors (Lipinski definition) is 1. The Hall–Kier alpha value is -3.12. The molecule has 4 heterocycles. The van der Waals surface area contributed by atoms with Gasteiger partial charge in [-0.25, -0.2) is 8.42 Å². The fourth-order valence-electron chi connectivity index (χ4n) is 6.23. The van der Waals surface area contributed by atoms with E-state index in [0.717, 1.165) is 43.6 Å². The van der Waals surface area contributed by atoms with E-state index >= 15 is 0 Å². The Labute approximate surface area is 234 Å². The Bertz CT molecular complexity index is 1410. The highest BCUT2D eigenvalue weighted by molar-refractivity contribution is 7.89. The summed E-state index contributed by atoms with van der Waals surface area (Å²) in [7, 11) is -3.49. The van der Waals surface area contributed by atoms with Gasteiger partial charge < -0.3 is 9.64 Å². The normalized spacial score (nSPS) is 23.4. The van der Waals surface area contributed by atoms with Gasteiger partial charge >= 0.3 is 0 Å². The fourth-order valence-corrected chi connectivity index (χ4v) is 7.64. The van der Waals surface area contributed by atoms with Crippen molar-refractivity contribution in [1.29, 1.82) is 0 Å². The lowest BCUT2D eigenvalue weighted by atomic mass is 9.87. The molecular weight excluding hydrogens is 532 g/mol. The van der Waals surface area contributed by atoms with Crippen molar-refractivity contribution in [3.8, 4) is 0 Å². The molecule has 1 unspecified atom stereocenters. The number of piperidine rings is 2. The van der Waals surface area contributed by atoms with Gasteiger partial charge in [0, 0.05) is 38.2 Å². The number of hydrogen-bond acceptors (Lipinski definition) is 7. The van der Waals surface area contributed by atoms with E-state index in [1.807, 2.05) is 24.3 Å². The summed E-state index contributed by atoms with van der Waals surface area (Å²) < 4.78 is 32.5. The molecule has 6 rings (SSSR count).